The summed E-state index contributed by atoms with van der Waals surface area (Å²) in [6.07, 6.45) is 4.89. The Morgan fingerprint density at radius 1 is 1.00 bits per heavy atom. The van der Waals surface area contributed by atoms with Gasteiger partial charge in [0.2, 0.25) is 0 Å². The highest BCUT2D eigenvalue weighted by Crippen LogP contribution is 2.34. The third-order valence-electron chi connectivity index (χ3n) is 4.36. The molecule has 1 aromatic heterocycles. The molecule has 1 fully saturated rings. The van der Waals surface area contributed by atoms with Gasteiger partial charge >= 0.3 is 0 Å². The van der Waals surface area contributed by atoms with E-state index < -0.39 is 0 Å². The van der Waals surface area contributed by atoms with E-state index in [4.69, 9.17) is 0 Å². The highest BCUT2D eigenvalue weighted by Gasteiger charge is 2.21. The Hall–Kier alpha value is -2.23. The van der Waals surface area contributed by atoms with Gasteiger partial charge < -0.3 is 0 Å². The lowest BCUT2D eigenvalue weighted by Crippen LogP contribution is -1.94. The van der Waals surface area contributed by atoms with Crippen molar-refractivity contribution in [3.63, 3.8) is 0 Å². The molecule has 1 saturated carbocycles. The summed E-state index contributed by atoms with van der Waals surface area (Å²) in [6, 6.07) is 10.7. The van der Waals surface area contributed by atoms with E-state index in [0.717, 1.165) is 16.8 Å². The van der Waals surface area contributed by atoms with Crippen molar-refractivity contribution in [3.05, 3.63) is 48.0 Å². The smallest absolute Gasteiger partial charge is 0.181 e. The first-order valence-corrected chi connectivity index (χ1v) is 7.43. The molecular formula is C17H16FN3. The van der Waals surface area contributed by atoms with E-state index >= 15 is 0 Å². The number of fused-ring (bicyclic) bond motifs is 1. The zero-order chi connectivity index (χ0) is 14.2. The van der Waals surface area contributed by atoms with Gasteiger partial charge in [-0.25, -0.2) is 9.37 Å². The summed E-state index contributed by atoms with van der Waals surface area (Å²) in [4.78, 5) is 4.65. The summed E-state index contributed by atoms with van der Waals surface area (Å²) >= 11 is 0. The number of aromatic nitrogens is 3. The molecule has 0 unspecified atom stereocenters. The molecule has 0 spiro atoms. The van der Waals surface area contributed by atoms with Crippen LogP contribution in [-0.2, 0) is 0 Å². The van der Waals surface area contributed by atoms with Gasteiger partial charge in [-0.3, -0.25) is 5.10 Å². The second-order valence-electron chi connectivity index (χ2n) is 5.67. The van der Waals surface area contributed by atoms with Gasteiger partial charge in [0.25, 0.3) is 0 Å². The van der Waals surface area contributed by atoms with Crippen molar-refractivity contribution >= 4 is 10.8 Å². The third kappa shape index (κ3) is 2.11. The first-order chi connectivity index (χ1) is 10.3. The lowest BCUT2D eigenvalue weighted by Gasteiger charge is -2.04. The predicted molar refractivity (Wildman–Crippen MR) is 80.5 cm³/mol. The molecule has 3 nitrogen and oxygen atoms in total. The van der Waals surface area contributed by atoms with Crippen molar-refractivity contribution in [2.75, 3.05) is 0 Å². The molecule has 2 aromatic carbocycles. The van der Waals surface area contributed by atoms with Gasteiger partial charge in [-0.15, -0.1) is 0 Å². The summed E-state index contributed by atoms with van der Waals surface area (Å²) in [5.41, 5.74) is 0.882. The van der Waals surface area contributed by atoms with Crippen LogP contribution in [0.3, 0.4) is 0 Å². The van der Waals surface area contributed by atoms with Crippen LogP contribution in [0.15, 0.2) is 36.4 Å². The molecule has 1 aliphatic carbocycles. The lowest BCUT2D eigenvalue weighted by molar-refractivity contribution is 0.640. The summed E-state index contributed by atoms with van der Waals surface area (Å²) in [6.45, 7) is 0. The van der Waals surface area contributed by atoms with Gasteiger partial charge in [-0.1, -0.05) is 37.1 Å². The molecular weight excluding hydrogens is 265 g/mol. The number of aromatic amines is 1. The Morgan fingerprint density at radius 3 is 2.57 bits per heavy atom. The summed E-state index contributed by atoms with van der Waals surface area (Å²) in [5.74, 6) is 1.92. The standard InChI is InChI=1S/C17H16FN3/c18-15-10-9-14(12-7-3-4-8-13(12)15)17-19-16(20-21-17)11-5-1-2-6-11/h3-4,7-11H,1-2,5-6H2,(H,19,20,21). The quantitative estimate of drug-likeness (QED) is 0.755. The number of hydrogen-bond donors (Lipinski definition) is 1. The molecule has 3 aromatic rings. The monoisotopic (exact) mass is 281 g/mol. The van der Waals surface area contributed by atoms with E-state index in [1.54, 1.807) is 12.1 Å². The SMILES string of the molecule is Fc1ccc(-c2n[nH]c(C3CCCC3)n2)c2ccccc12. The third-order valence-corrected chi connectivity index (χ3v) is 4.36. The molecule has 0 aliphatic heterocycles. The fourth-order valence-corrected chi connectivity index (χ4v) is 3.23. The normalized spacial score (nSPS) is 15.9. The van der Waals surface area contributed by atoms with Crippen LogP contribution < -0.4 is 0 Å². The highest BCUT2D eigenvalue weighted by molar-refractivity contribution is 5.95. The predicted octanol–water partition coefficient (Wildman–Crippen LogP) is 4.42. The van der Waals surface area contributed by atoms with E-state index in [9.17, 15) is 4.39 Å². The van der Waals surface area contributed by atoms with Crippen molar-refractivity contribution in [2.45, 2.75) is 31.6 Å². The van der Waals surface area contributed by atoms with Crippen LogP contribution >= 0.6 is 0 Å². The Morgan fingerprint density at radius 2 is 1.76 bits per heavy atom. The first kappa shape index (κ1) is 12.5. The van der Waals surface area contributed by atoms with E-state index in [2.05, 4.69) is 15.2 Å². The Kier molecular flexibility index (Phi) is 2.95. The topological polar surface area (TPSA) is 41.6 Å². The van der Waals surface area contributed by atoms with Crippen molar-refractivity contribution in [2.24, 2.45) is 0 Å². The first-order valence-electron chi connectivity index (χ1n) is 7.43. The van der Waals surface area contributed by atoms with Crippen LogP contribution in [0, 0.1) is 5.82 Å². The minimum Gasteiger partial charge on any atom is -0.262 e. The second-order valence-corrected chi connectivity index (χ2v) is 5.67. The van der Waals surface area contributed by atoms with Gasteiger partial charge in [0.15, 0.2) is 5.82 Å². The molecule has 4 heteroatoms. The molecule has 21 heavy (non-hydrogen) atoms. The number of benzene rings is 2. The molecule has 1 aliphatic rings. The molecule has 0 saturated heterocycles. The van der Waals surface area contributed by atoms with Gasteiger partial charge in [-0.05, 0) is 30.4 Å². The molecule has 0 atom stereocenters. The Labute approximate surface area is 122 Å². The maximum absolute atomic E-state index is 13.9. The zero-order valence-corrected chi connectivity index (χ0v) is 11.6. The van der Waals surface area contributed by atoms with Crippen LogP contribution in [0.4, 0.5) is 4.39 Å². The second kappa shape index (κ2) is 4.95. The minimum absolute atomic E-state index is 0.207. The number of hydrogen-bond acceptors (Lipinski definition) is 2. The van der Waals surface area contributed by atoms with Gasteiger partial charge in [0.05, 0.1) is 0 Å². The molecule has 106 valence electrons. The average Bonchev–Trinajstić information content (AvgIpc) is 3.19. The highest BCUT2D eigenvalue weighted by atomic mass is 19.1. The molecule has 4 rings (SSSR count). The molecule has 1 heterocycles. The van der Waals surface area contributed by atoms with Crippen LogP contribution in [0.25, 0.3) is 22.2 Å². The van der Waals surface area contributed by atoms with E-state index in [1.807, 2.05) is 18.2 Å². The van der Waals surface area contributed by atoms with Crippen LogP contribution in [0.2, 0.25) is 0 Å². The van der Waals surface area contributed by atoms with Gasteiger partial charge in [0, 0.05) is 16.9 Å². The number of H-pyrrole nitrogens is 1. The number of nitrogens with zero attached hydrogens (tertiary/aromatic N) is 2. The summed E-state index contributed by atoms with van der Waals surface area (Å²) in [7, 11) is 0. The summed E-state index contributed by atoms with van der Waals surface area (Å²) < 4.78 is 13.9. The maximum Gasteiger partial charge on any atom is 0.181 e. The molecule has 0 amide bonds. The van der Waals surface area contributed by atoms with E-state index in [1.165, 1.54) is 31.7 Å². The Bertz CT molecular complexity index is 788. The van der Waals surface area contributed by atoms with Crippen LogP contribution in [0.1, 0.15) is 37.4 Å². The van der Waals surface area contributed by atoms with Gasteiger partial charge in [0.1, 0.15) is 11.6 Å². The fraction of sp³-hybridized carbons (Fsp3) is 0.294. The Balaban J connectivity index is 1.81. The molecule has 1 N–H and O–H groups in total. The largest absolute Gasteiger partial charge is 0.262 e. The molecule has 0 bridgehead atoms. The molecule has 0 radical (unpaired) electrons. The van der Waals surface area contributed by atoms with Crippen molar-refractivity contribution in [3.8, 4) is 11.4 Å². The lowest BCUT2D eigenvalue weighted by atomic mass is 10.0. The fourth-order valence-electron chi connectivity index (χ4n) is 3.23. The number of rotatable bonds is 2. The van der Waals surface area contributed by atoms with Crippen LogP contribution in [-0.4, -0.2) is 15.2 Å². The van der Waals surface area contributed by atoms with Crippen molar-refractivity contribution in [1.82, 2.24) is 15.2 Å². The number of nitrogens with one attached hydrogen (secondary N) is 1. The van der Waals surface area contributed by atoms with Crippen LogP contribution in [0.5, 0.6) is 0 Å². The van der Waals surface area contributed by atoms with E-state index in [-0.39, 0.29) is 5.82 Å². The zero-order valence-electron chi connectivity index (χ0n) is 11.6. The maximum atomic E-state index is 13.9. The summed E-state index contributed by atoms with van der Waals surface area (Å²) in [5, 5.41) is 8.89. The average molecular weight is 281 g/mol. The van der Waals surface area contributed by atoms with E-state index in [0.29, 0.717) is 17.1 Å². The van der Waals surface area contributed by atoms with Gasteiger partial charge in [-0.2, -0.15) is 5.10 Å². The minimum atomic E-state index is -0.207. The van der Waals surface area contributed by atoms with Crippen molar-refractivity contribution in [1.29, 1.82) is 0 Å². The number of halogens is 1. The van der Waals surface area contributed by atoms with Crippen molar-refractivity contribution < 1.29 is 4.39 Å².